The zero-order valence-corrected chi connectivity index (χ0v) is 13.5. The van der Waals surface area contributed by atoms with Gasteiger partial charge in [-0.3, -0.25) is 4.79 Å². The average Bonchev–Trinajstić information content (AvgIpc) is 2.49. The van der Waals surface area contributed by atoms with Crippen molar-refractivity contribution in [2.75, 3.05) is 19.8 Å². The number of aromatic carboxylic acids is 1. The van der Waals surface area contributed by atoms with Crippen molar-refractivity contribution >= 4 is 11.9 Å². The van der Waals surface area contributed by atoms with Gasteiger partial charge in [-0.2, -0.15) is 0 Å². The van der Waals surface area contributed by atoms with Crippen molar-refractivity contribution in [1.82, 2.24) is 0 Å². The minimum Gasteiger partial charge on any atom is -0.493 e. The fourth-order valence-corrected chi connectivity index (χ4v) is 1.85. The summed E-state index contributed by atoms with van der Waals surface area (Å²) in [6, 6.07) is 3.10. The lowest BCUT2D eigenvalue weighted by Gasteiger charge is -2.13. The van der Waals surface area contributed by atoms with Gasteiger partial charge in [-0.25, -0.2) is 4.79 Å². The maximum Gasteiger partial charge on any atom is 0.339 e. The lowest BCUT2D eigenvalue weighted by molar-refractivity contribution is -0.141. The topological polar surface area (TPSA) is 82.1 Å². The third-order valence-electron chi connectivity index (χ3n) is 2.97. The molecule has 1 aromatic rings. The Hall–Kier alpha value is -2.50. The Kier molecular flexibility index (Phi) is 7.66. The SMILES string of the molecule is C=CCOc1cc(C(=O)O)c(OCCCCOC(C)=O)cc1C. The molecule has 0 saturated carbocycles. The van der Waals surface area contributed by atoms with Crippen LogP contribution >= 0.6 is 0 Å². The van der Waals surface area contributed by atoms with Gasteiger partial charge in [0.1, 0.15) is 23.7 Å². The number of hydrogen-bond acceptors (Lipinski definition) is 5. The number of carboxylic acids is 1. The van der Waals surface area contributed by atoms with Crippen LogP contribution in [-0.4, -0.2) is 36.9 Å². The molecule has 1 aromatic carbocycles. The van der Waals surface area contributed by atoms with E-state index in [2.05, 4.69) is 6.58 Å². The maximum absolute atomic E-state index is 11.4. The summed E-state index contributed by atoms with van der Waals surface area (Å²) in [7, 11) is 0. The highest BCUT2D eigenvalue weighted by molar-refractivity contribution is 5.91. The molecule has 1 rings (SSSR count). The van der Waals surface area contributed by atoms with Crippen LogP contribution in [0.3, 0.4) is 0 Å². The van der Waals surface area contributed by atoms with E-state index in [1.165, 1.54) is 13.0 Å². The number of carbonyl (C=O) groups excluding carboxylic acids is 1. The first-order valence-electron chi connectivity index (χ1n) is 7.33. The van der Waals surface area contributed by atoms with E-state index in [4.69, 9.17) is 14.2 Å². The molecule has 126 valence electrons. The predicted octanol–water partition coefficient (Wildman–Crippen LogP) is 2.98. The summed E-state index contributed by atoms with van der Waals surface area (Å²) in [5.74, 6) is -0.605. The second kappa shape index (κ2) is 9.50. The fourth-order valence-electron chi connectivity index (χ4n) is 1.85. The smallest absolute Gasteiger partial charge is 0.339 e. The van der Waals surface area contributed by atoms with Crippen molar-refractivity contribution in [2.24, 2.45) is 0 Å². The second-order valence-electron chi connectivity index (χ2n) is 4.91. The van der Waals surface area contributed by atoms with E-state index < -0.39 is 5.97 Å². The summed E-state index contributed by atoms with van der Waals surface area (Å²) in [6.45, 7) is 7.71. The summed E-state index contributed by atoms with van der Waals surface area (Å²) >= 11 is 0. The Morgan fingerprint density at radius 3 is 2.48 bits per heavy atom. The Bertz CT molecular complexity index is 564. The number of hydrogen-bond donors (Lipinski definition) is 1. The second-order valence-corrected chi connectivity index (χ2v) is 4.91. The van der Waals surface area contributed by atoms with Crippen LogP contribution in [0.1, 0.15) is 35.7 Å². The number of carbonyl (C=O) groups is 2. The number of unbranched alkanes of at least 4 members (excludes halogenated alkanes) is 1. The van der Waals surface area contributed by atoms with Crippen molar-refractivity contribution in [3.8, 4) is 11.5 Å². The standard InChI is InChI=1S/C17H22O6/c1-4-7-22-15-11-14(17(19)20)16(10-12(15)2)23-9-6-5-8-21-13(3)18/h4,10-11H,1,5-9H2,2-3H3,(H,19,20). The van der Waals surface area contributed by atoms with Gasteiger partial charge in [0.2, 0.25) is 0 Å². The van der Waals surface area contributed by atoms with Crippen molar-refractivity contribution in [2.45, 2.75) is 26.7 Å². The van der Waals surface area contributed by atoms with Gasteiger partial charge in [-0.05, 0) is 37.5 Å². The molecule has 0 saturated heterocycles. The highest BCUT2D eigenvalue weighted by Gasteiger charge is 2.15. The Balaban J connectivity index is 2.66. The summed E-state index contributed by atoms with van der Waals surface area (Å²) in [4.78, 5) is 22.0. The van der Waals surface area contributed by atoms with Crippen LogP contribution in [0.2, 0.25) is 0 Å². The van der Waals surface area contributed by atoms with Crippen molar-refractivity contribution in [1.29, 1.82) is 0 Å². The molecule has 0 heterocycles. The lowest BCUT2D eigenvalue weighted by Crippen LogP contribution is -2.08. The molecule has 1 N–H and O–H groups in total. The van der Waals surface area contributed by atoms with E-state index in [0.29, 0.717) is 44.2 Å². The minimum atomic E-state index is -1.08. The molecule has 0 fully saturated rings. The first-order chi connectivity index (χ1) is 11.0. The molecule has 6 nitrogen and oxygen atoms in total. The normalized spacial score (nSPS) is 10.0. The van der Waals surface area contributed by atoms with E-state index in [9.17, 15) is 14.7 Å². The molecule has 0 aliphatic carbocycles. The highest BCUT2D eigenvalue weighted by Crippen LogP contribution is 2.29. The van der Waals surface area contributed by atoms with E-state index >= 15 is 0 Å². The van der Waals surface area contributed by atoms with Crippen LogP contribution in [0.4, 0.5) is 0 Å². The number of esters is 1. The molecule has 0 aliphatic rings. The maximum atomic E-state index is 11.4. The Labute approximate surface area is 135 Å². The van der Waals surface area contributed by atoms with Crippen LogP contribution in [-0.2, 0) is 9.53 Å². The number of ether oxygens (including phenoxy) is 3. The van der Waals surface area contributed by atoms with Gasteiger partial charge in [0.15, 0.2) is 0 Å². The molecule has 0 unspecified atom stereocenters. The zero-order valence-electron chi connectivity index (χ0n) is 13.5. The summed E-state index contributed by atoms with van der Waals surface area (Å²) < 4.78 is 15.8. The van der Waals surface area contributed by atoms with E-state index in [1.807, 2.05) is 6.92 Å². The third-order valence-corrected chi connectivity index (χ3v) is 2.97. The van der Waals surface area contributed by atoms with Gasteiger partial charge >= 0.3 is 11.9 Å². The van der Waals surface area contributed by atoms with Gasteiger partial charge in [-0.15, -0.1) is 0 Å². The molecule has 0 atom stereocenters. The molecule has 0 bridgehead atoms. The van der Waals surface area contributed by atoms with Gasteiger partial charge in [0.25, 0.3) is 0 Å². The molecule has 0 spiro atoms. The lowest BCUT2D eigenvalue weighted by atomic mass is 10.1. The van der Waals surface area contributed by atoms with Crippen LogP contribution in [0.15, 0.2) is 24.8 Å². The van der Waals surface area contributed by atoms with Gasteiger partial charge in [0.05, 0.1) is 13.2 Å². The van der Waals surface area contributed by atoms with Crippen molar-refractivity contribution < 1.29 is 28.9 Å². The number of rotatable bonds is 10. The first-order valence-corrected chi connectivity index (χ1v) is 7.33. The molecule has 0 amide bonds. The Morgan fingerprint density at radius 1 is 1.17 bits per heavy atom. The van der Waals surface area contributed by atoms with Gasteiger partial charge < -0.3 is 19.3 Å². The molecule has 0 aromatic heterocycles. The van der Waals surface area contributed by atoms with Crippen LogP contribution in [0.25, 0.3) is 0 Å². The first kappa shape index (κ1) is 18.5. The molecule has 0 radical (unpaired) electrons. The van der Waals surface area contributed by atoms with Gasteiger partial charge in [-0.1, -0.05) is 12.7 Å². The van der Waals surface area contributed by atoms with Crippen LogP contribution < -0.4 is 9.47 Å². The van der Waals surface area contributed by atoms with Crippen LogP contribution in [0, 0.1) is 6.92 Å². The molecule has 0 aliphatic heterocycles. The van der Waals surface area contributed by atoms with Crippen molar-refractivity contribution in [3.05, 3.63) is 35.9 Å². The molecular formula is C17H22O6. The highest BCUT2D eigenvalue weighted by atomic mass is 16.5. The predicted molar refractivity (Wildman–Crippen MR) is 85.2 cm³/mol. The van der Waals surface area contributed by atoms with Crippen LogP contribution in [0.5, 0.6) is 11.5 Å². The zero-order chi connectivity index (χ0) is 17.2. The number of carboxylic acid groups (broad SMARTS) is 1. The minimum absolute atomic E-state index is 0.0506. The third kappa shape index (κ3) is 6.42. The Morgan fingerprint density at radius 2 is 1.87 bits per heavy atom. The fraction of sp³-hybridized carbons (Fsp3) is 0.412. The monoisotopic (exact) mass is 322 g/mol. The van der Waals surface area contributed by atoms with Crippen molar-refractivity contribution in [3.63, 3.8) is 0 Å². The number of aryl methyl sites for hydroxylation is 1. The average molecular weight is 322 g/mol. The van der Waals surface area contributed by atoms with Gasteiger partial charge in [0, 0.05) is 6.92 Å². The molecular weight excluding hydrogens is 300 g/mol. The summed E-state index contributed by atoms with van der Waals surface area (Å²) in [5, 5.41) is 9.30. The molecule has 23 heavy (non-hydrogen) atoms. The van der Waals surface area contributed by atoms with E-state index in [0.717, 1.165) is 5.56 Å². The molecule has 6 heteroatoms. The quantitative estimate of drug-likeness (QED) is 0.405. The summed E-state index contributed by atoms with van der Waals surface area (Å²) in [6.07, 6.45) is 2.90. The summed E-state index contributed by atoms with van der Waals surface area (Å²) in [5.41, 5.74) is 0.835. The van der Waals surface area contributed by atoms with E-state index in [-0.39, 0.29) is 11.5 Å². The number of benzene rings is 1. The van der Waals surface area contributed by atoms with E-state index in [1.54, 1.807) is 12.1 Å². The largest absolute Gasteiger partial charge is 0.493 e.